The molecule has 4 rings (SSSR count). The number of anilines is 3. The molecule has 0 bridgehead atoms. The van der Waals surface area contributed by atoms with Crippen LogP contribution in [0.4, 0.5) is 30.9 Å². The average molecular weight is 524 g/mol. The molecule has 0 aliphatic carbocycles. The summed E-state index contributed by atoms with van der Waals surface area (Å²) in [6, 6.07) is 6.17. The van der Waals surface area contributed by atoms with E-state index in [1.54, 1.807) is 19.9 Å². The van der Waals surface area contributed by atoms with E-state index < -0.39 is 35.7 Å². The lowest BCUT2D eigenvalue weighted by Gasteiger charge is -2.26. The Kier molecular flexibility index (Phi) is 7.41. The summed E-state index contributed by atoms with van der Waals surface area (Å²) in [5, 5.41) is 25.5. The van der Waals surface area contributed by atoms with Crippen molar-refractivity contribution in [3.8, 4) is 5.69 Å². The summed E-state index contributed by atoms with van der Waals surface area (Å²) in [6.45, 7) is 3.31. The van der Waals surface area contributed by atoms with Gasteiger partial charge < -0.3 is 26.8 Å². The number of pyridine rings is 2. The molecule has 0 fully saturated rings. The Morgan fingerprint density at radius 1 is 1.08 bits per heavy atom. The smallest absolute Gasteiger partial charge is 0.404 e. The van der Waals surface area contributed by atoms with Crippen molar-refractivity contribution < 1.29 is 23.5 Å². The van der Waals surface area contributed by atoms with E-state index in [1.165, 1.54) is 47.7 Å². The number of aryl methyl sites for hydroxylation is 1. The molecule has 0 aliphatic heterocycles. The van der Waals surface area contributed by atoms with Crippen molar-refractivity contribution in [1.29, 1.82) is 0 Å². The summed E-state index contributed by atoms with van der Waals surface area (Å²) in [5.41, 5.74) is 7.25. The van der Waals surface area contributed by atoms with Gasteiger partial charge >= 0.3 is 6.09 Å². The molecule has 0 saturated carbocycles. The Labute approximate surface area is 214 Å². The normalized spacial score (nSPS) is 12.4. The van der Waals surface area contributed by atoms with Crippen molar-refractivity contribution in [1.82, 2.24) is 30.3 Å². The van der Waals surface area contributed by atoms with E-state index in [-0.39, 0.29) is 17.2 Å². The molecule has 2 atom stereocenters. The Balaban J connectivity index is 1.72. The lowest BCUT2D eigenvalue weighted by molar-refractivity contribution is 0.1000. The number of carbonyl (C=O) groups is 2. The molecule has 3 aromatic heterocycles. The van der Waals surface area contributed by atoms with Gasteiger partial charge in [0.05, 0.1) is 47.6 Å². The SMILES string of the molecule is Cc1ncc(Nc2nc(N[C@H](c3ccc(F)cc3)[C@H](C)NC(=O)O)c(F)cc2C(N)=O)cc1-n1nccn1. The van der Waals surface area contributed by atoms with Crippen molar-refractivity contribution >= 4 is 29.3 Å². The van der Waals surface area contributed by atoms with Crippen molar-refractivity contribution in [2.75, 3.05) is 10.6 Å². The van der Waals surface area contributed by atoms with Crippen LogP contribution in [0.15, 0.2) is 55.0 Å². The van der Waals surface area contributed by atoms with E-state index in [4.69, 9.17) is 5.73 Å². The van der Waals surface area contributed by atoms with E-state index in [1.807, 2.05) is 0 Å². The zero-order valence-corrected chi connectivity index (χ0v) is 20.2. The number of nitrogens with one attached hydrogen (secondary N) is 3. The van der Waals surface area contributed by atoms with Crippen LogP contribution in [-0.4, -0.2) is 48.1 Å². The summed E-state index contributed by atoms with van der Waals surface area (Å²) in [5.74, 6) is -2.73. The molecule has 0 saturated heterocycles. The van der Waals surface area contributed by atoms with Crippen LogP contribution in [0, 0.1) is 18.6 Å². The third-order valence-corrected chi connectivity index (χ3v) is 5.57. The van der Waals surface area contributed by atoms with Crippen molar-refractivity contribution in [3.63, 3.8) is 0 Å². The topological polar surface area (TPSA) is 173 Å². The van der Waals surface area contributed by atoms with E-state index in [0.29, 0.717) is 22.6 Å². The van der Waals surface area contributed by atoms with Gasteiger partial charge in [0.15, 0.2) is 11.6 Å². The molecule has 6 N–H and O–H groups in total. The van der Waals surface area contributed by atoms with E-state index in [0.717, 1.165) is 6.07 Å². The summed E-state index contributed by atoms with van der Waals surface area (Å²) in [6.07, 6.45) is 3.18. The molecule has 14 heteroatoms. The fourth-order valence-corrected chi connectivity index (χ4v) is 3.73. The zero-order valence-electron chi connectivity index (χ0n) is 20.2. The second-order valence-electron chi connectivity index (χ2n) is 8.26. The molecular weight excluding hydrogens is 500 g/mol. The van der Waals surface area contributed by atoms with Crippen molar-refractivity contribution in [2.45, 2.75) is 25.9 Å². The number of primary amides is 1. The molecule has 196 valence electrons. The van der Waals surface area contributed by atoms with Gasteiger partial charge in [0.1, 0.15) is 17.3 Å². The second kappa shape index (κ2) is 10.9. The highest BCUT2D eigenvalue weighted by Crippen LogP contribution is 2.29. The maximum absolute atomic E-state index is 15.1. The largest absolute Gasteiger partial charge is 0.465 e. The zero-order chi connectivity index (χ0) is 27.4. The third kappa shape index (κ3) is 5.80. The number of hydrogen-bond donors (Lipinski definition) is 5. The standard InChI is InChI=1S/C24H23F2N9O3/c1-12-19(35-29-7-8-30-35)9-16(11-28-12)32-22-17(21(27)36)10-18(26)23(34-22)33-20(13(2)31-24(37)38)14-3-5-15(25)6-4-14/h3-11,13,20,31H,1-2H3,(H2,27,36)(H,37,38)(H2,32,33,34)/t13-,20-/m0/s1. The van der Waals surface area contributed by atoms with Crippen LogP contribution >= 0.6 is 0 Å². The van der Waals surface area contributed by atoms with Gasteiger partial charge in [0, 0.05) is 0 Å². The van der Waals surface area contributed by atoms with Crippen molar-refractivity contribution in [3.05, 3.63) is 83.4 Å². The van der Waals surface area contributed by atoms with Gasteiger partial charge in [-0.1, -0.05) is 12.1 Å². The van der Waals surface area contributed by atoms with E-state index >= 15 is 4.39 Å². The fraction of sp³-hybridized carbons (Fsp3) is 0.167. The van der Waals surface area contributed by atoms with Crippen LogP contribution in [-0.2, 0) is 0 Å². The molecule has 38 heavy (non-hydrogen) atoms. The van der Waals surface area contributed by atoms with Crippen LogP contribution in [0.5, 0.6) is 0 Å². The predicted molar refractivity (Wildman–Crippen MR) is 133 cm³/mol. The van der Waals surface area contributed by atoms with Crippen LogP contribution in [0.1, 0.15) is 34.6 Å². The Hall–Kier alpha value is -5.14. The molecule has 1 aromatic carbocycles. The summed E-state index contributed by atoms with van der Waals surface area (Å²) < 4.78 is 28.6. The monoisotopic (exact) mass is 523 g/mol. The fourth-order valence-electron chi connectivity index (χ4n) is 3.73. The highest BCUT2D eigenvalue weighted by molar-refractivity contribution is 5.98. The predicted octanol–water partition coefficient (Wildman–Crippen LogP) is 3.30. The molecule has 4 aromatic rings. The lowest BCUT2D eigenvalue weighted by atomic mass is 10.00. The highest BCUT2D eigenvalue weighted by Gasteiger charge is 2.25. The Morgan fingerprint density at radius 3 is 2.39 bits per heavy atom. The Morgan fingerprint density at radius 2 is 1.76 bits per heavy atom. The third-order valence-electron chi connectivity index (χ3n) is 5.57. The number of benzene rings is 1. The number of carbonyl (C=O) groups excluding carboxylic acids is 1. The average Bonchev–Trinajstić information content (AvgIpc) is 3.40. The van der Waals surface area contributed by atoms with Gasteiger partial charge in [0.2, 0.25) is 0 Å². The van der Waals surface area contributed by atoms with Gasteiger partial charge in [-0.15, -0.1) is 4.80 Å². The first kappa shape index (κ1) is 25.9. The maximum atomic E-state index is 15.1. The lowest BCUT2D eigenvalue weighted by Crippen LogP contribution is -2.39. The van der Waals surface area contributed by atoms with Crippen LogP contribution in [0.2, 0.25) is 0 Å². The van der Waals surface area contributed by atoms with E-state index in [9.17, 15) is 19.1 Å². The first-order valence-corrected chi connectivity index (χ1v) is 11.2. The van der Waals surface area contributed by atoms with Crippen LogP contribution in [0.3, 0.4) is 0 Å². The summed E-state index contributed by atoms with van der Waals surface area (Å²) in [7, 11) is 0. The molecule has 0 spiro atoms. The first-order chi connectivity index (χ1) is 18.1. The second-order valence-corrected chi connectivity index (χ2v) is 8.26. The Bertz CT molecular complexity index is 1460. The molecular formula is C24H23F2N9O3. The summed E-state index contributed by atoms with van der Waals surface area (Å²) >= 11 is 0. The number of amides is 2. The number of nitrogens with zero attached hydrogens (tertiary/aromatic N) is 5. The van der Waals surface area contributed by atoms with Crippen molar-refractivity contribution in [2.24, 2.45) is 5.73 Å². The number of aromatic nitrogens is 5. The molecule has 0 unspecified atom stereocenters. The number of hydrogen-bond acceptors (Lipinski definition) is 8. The quantitative estimate of drug-likeness (QED) is 0.221. The van der Waals surface area contributed by atoms with Gasteiger partial charge in [-0.2, -0.15) is 10.2 Å². The first-order valence-electron chi connectivity index (χ1n) is 11.2. The number of nitrogens with two attached hydrogens (primary N) is 1. The van der Waals surface area contributed by atoms with Crippen LogP contribution in [0.25, 0.3) is 5.69 Å². The van der Waals surface area contributed by atoms with Gasteiger partial charge in [-0.25, -0.2) is 18.6 Å². The van der Waals surface area contributed by atoms with Gasteiger partial charge in [-0.3, -0.25) is 9.78 Å². The van der Waals surface area contributed by atoms with Crippen LogP contribution < -0.4 is 21.7 Å². The minimum Gasteiger partial charge on any atom is -0.465 e. The minimum atomic E-state index is -1.30. The minimum absolute atomic E-state index is 0.0804. The molecule has 12 nitrogen and oxygen atoms in total. The van der Waals surface area contributed by atoms with Gasteiger partial charge in [0.25, 0.3) is 5.91 Å². The number of rotatable bonds is 9. The van der Waals surface area contributed by atoms with Gasteiger partial charge in [-0.05, 0) is 43.7 Å². The number of carboxylic acid groups (broad SMARTS) is 1. The van der Waals surface area contributed by atoms with E-state index in [2.05, 4.69) is 36.1 Å². The highest BCUT2D eigenvalue weighted by atomic mass is 19.1. The molecule has 3 heterocycles. The molecule has 0 radical (unpaired) electrons. The molecule has 2 amide bonds. The maximum Gasteiger partial charge on any atom is 0.404 e. The molecule has 0 aliphatic rings. The summed E-state index contributed by atoms with van der Waals surface area (Å²) in [4.78, 5) is 33.3. The number of halogens is 2.